The van der Waals surface area contributed by atoms with Gasteiger partial charge in [-0.1, -0.05) is 12.1 Å². The Morgan fingerprint density at radius 1 is 1.11 bits per heavy atom. The Balaban J connectivity index is 1.95. The predicted molar refractivity (Wildman–Crippen MR) is 73.4 cm³/mol. The van der Waals surface area contributed by atoms with Crippen molar-refractivity contribution < 1.29 is 9.66 Å². The molecule has 98 valence electrons. The van der Waals surface area contributed by atoms with Gasteiger partial charge in [0.2, 0.25) is 0 Å². The summed E-state index contributed by atoms with van der Waals surface area (Å²) in [6.07, 6.45) is 0. The van der Waals surface area contributed by atoms with Crippen molar-refractivity contribution in [3.05, 3.63) is 64.2 Å². The number of hydrogen-bond donors (Lipinski definition) is 1. The van der Waals surface area contributed by atoms with Crippen LogP contribution < -0.4 is 10.1 Å². The van der Waals surface area contributed by atoms with E-state index in [0.29, 0.717) is 6.54 Å². The van der Waals surface area contributed by atoms with Gasteiger partial charge in [0.25, 0.3) is 5.69 Å². The molecule has 19 heavy (non-hydrogen) atoms. The molecule has 2 aromatic rings. The zero-order valence-corrected chi connectivity index (χ0v) is 10.5. The van der Waals surface area contributed by atoms with Crippen LogP contribution in [0.4, 0.5) is 11.4 Å². The number of nitrogens with zero attached hydrogens (tertiary/aromatic N) is 1. The molecule has 5 nitrogen and oxygen atoms in total. The zero-order chi connectivity index (χ0) is 13.7. The quantitative estimate of drug-likeness (QED) is 0.660. The van der Waals surface area contributed by atoms with E-state index in [2.05, 4.69) is 5.32 Å². The molecule has 0 heterocycles. The number of nitro groups is 1. The van der Waals surface area contributed by atoms with Crippen molar-refractivity contribution in [3.63, 3.8) is 0 Å². The number of nitrogens with one attached hydrogen (secondary N) is 1. The van der Waals surface area contributed by atoms with Crippen LogP contribution in [0.3, 0.4) is 0 Å². The molecule has 0 aliphatic heterocycles. The number of non-ortho nitro benzene ring substituents is 1. The van der Waals surface area contributed by atoms with E-state index in [1.807, 2.05) is 24.3 Å². The van der Waals surface area contributed by atoms with Crippen LogP contribution in [0.1, 0.15) is 5.56 Å². The molecule has 2 rings (SSSR count). The number of benzene rings is 2. The molecule has 0 amide bonds. The van der Waals surface area contributed by atoms with E-state index in [1.165, 1.54) is 12.1 Å². The molecule has 0 fully saturated rings. The first kappa shape index (κ1) is 12.9. The van der Waals surface area contributed by atoms with Gasteiger partial charge in [0.15, 0.2) is 0 Å². The summed E-state index contributed by atoms with van der Waals surface area (Å²) in [4.78, 5) is 10.1. The highest BCUT2D eigenvalue weighted by molar-refractivity contribution is 5.47. The first-order valence-corrected chi connectivity index (χ1v) is 5.80. The van der Waals surface area contributed by atoms with Crippen molar-refractivity contribution in [1.82, 2.24) is 0 Å². The minimum atomic E-state index is -0.402. The number of nitro benzene ring substituents is 1. The lowest BCUT2D eigenvalue weighted by atomic mass is 10.2. The van der Waals surface area contributed by atoms with E-state index in [-0.39, 0.29) is 5.69 Å². The van der Waals surface area contributed by atoms with Crippen molar-refractivity contribution in [3.8, 4) is 5.75 Å². The second-order valence-electron chi connectivity index (χ2n) is 4.01. The molecular formula is C14H14N2O3. The minimum absolute atomic E-state index is 0.105. The second-order valence-corrected chi connectivity index (χ2v) is 4.01. The lowest BCUT2D eigenvalue weighted by Gasteiger charge is -2.07. The van der Waals surface area contributed by atoms with Crippen molar-refractivity contribution in [2.45, 2.75) is 6.54 Å². The minimum Gasteiger partial charge on any atom is -0.497 e. The summed E-state index contributed by atoms with van der Waals surface area (Å²) in [5.74, 6) is 0.806. The predicted octanol–water partition coefficient (Wildman–Crippen LogP) is 3.22. The van der Waals surface area contributed by atoms with Crippen LogP contribution >= 0.6 is 0 Å². The lowest BCUT2D eigenvalue weighted by molar-refractivity contribution is -0.384. The van der Waals surface area contributed by atoms with Gasteiger partial charge in [-0.15, -0.1) is 0 Å². The van der Waals surface area contributed by atoms with Crippen molar-refractivity contribution in [2.24, 2.45) is 0 Å². The highest BCUT2D eigenvalue weighted by atomic mass is 16.6. The third-order valence-electron chi connectivity index (χ3n) is 2.73. The summed E-state index contributed by atoms with van der Waals surface area (Å²) in [7, 11) is 1.62. The number of rotatable bonds is 5. The average Bonchev–Trinajstić information content (AvgIpc) is 2.46. The SMILES string of the molecule is COc1ccc(NCc2ccc([N+](=O)[O-])cc2)cc1. The molecular weight excluding hydrogens is 244 g/mol. The van der Waals surface area contributed by atoms with Crippen molar-refractivity contribution in [1.29, 1.82) is 0 Å². The highest BCUT2D eigenvalue weighted by Gasteiger charge is 2.03. The molecule has 0 atom stereocenters. The van der Waals surface area contributed by atoms with Gasteiger partial charge < -0.3 is 10.1 Å². The van der Waals surface area contributed by atoms with E-state index in [1.54, 1.807) is 19.2 Å². The normalized spacial score (nSPS) is 9.95. The molecule has 0 unspecified atom stereocenters. The largest absolute Gasteiger partial charge is 0.497 e. The van der Waals surface area contributed by atoms with Gasteiger partial charge in [-0.2, -0.15) is 0 Å². The molecule has 0 bridgehead atoms. The summed E-state index contributed by atoms with van der Waals surface area (Å²) in [6, 6.07) is 14.1. The van der Waals surface area contributed by atoms with E-state index >= 15 is 0 Å². The van der Waals surface area contributed by atoms with Crippen LogP contribution in [0.15, 0.2) is 48.5 Å². The standard InChI is InChI=1S/C14H14N2O3/c1-19-14-8-4-12(5-9-14)15-10-11-2-6-13(7-3-11)16(17)18/h2-9,15H,10H2,1H3. The summed E-state index contributed by atoms with van der Waals surface area (Å²) < 4.78 is 5.08. The molecule has 2 aromatic carbocycles. The Kier molecular flexibility index (Phi) is 3.97. The molecule has 0 aliphatic rings. The van der Waals surface area contributed by atoms with Gasteiger partial charge in [0, 0.05) is 24.4 Å². The van der Waals surface area contributed by atoms with E-state index in [4.69, 9.17) is 4.74 Å². The van der Waals surface area contributed by atoms with Crippen LogP contribution in [-0.4, -0.2) is 12.0 Å². The van der Waals surface area contributed by atoms with E-state index in [9.17, 15) is 10.1 Å². The highest BCUT2D eigenvalue weighted by Crippen LogP contribution is 2.17. The molecule has 0 saturated carbocycles. The van der Waals surface area contributed by atoms with Crippen molar-refractivity contribution >= 4 is 11.4 Å². The van der Waals surface area contributed by atoms with Crippen molar-refractivity contribution in [2.75, 3.05) is 12.4 Å². The third-order valence-corrected chi connectivity index (χ3v) is 2.73. The van der Waals surface area contributed by atoms with Crippen LogP contribution in [0.2, 0.25) is 0 Å². The van der Waals surface area contributed by atoms with Crippen LogP contribution in [-0.2, 0) is 6.54 Å². The van der Waals surface area contributed by atoms with Gasteiger partial charge in [0.1, 0.15) is 5.75 Å². The fourth-order valence-corrected chi connectivity index (χ4v) is 1.65. The maximum Gasteiger partial charge on any atom is 0.269 e. The molecule has 0 saturated heterocycles. The maximum absolute atomic E-state index is 10.5. The fraction of sp³-hybridized carbons (Fsp3) is 0.143. The third kappa shape index (κ3) is 3.45. The number of anilines is 1. The summed E-state index contributed by atoms with van der Waals surface area (Å²) >= 11 is 0. The zero-order valence-electron chi connectivity index (χ0n) is 10.5. The Morgan fingerprint density at radius 2 is 1.74 bits per heavy atom. The Hall–Kier alpha value is -2.56. The van der Waals surface area contributed by atoms with Gasteiger partial charge in [-0.25, -0.2) is 0 Å². The van der Waals surface area contributed by atoms with Crippen LogP contribution in [0, 0.1) is 10.1 Å². The van der Waals surface area contributed by atoms with Gasteiger partial charge in [-0.3, -0.25) is 10.1 Å². The average molecular weight is 258 g/mol. The maximum atomic E-state index is 10.5. The molecule has 5 heteroatoms. The fourth-order valence-electron chi connectivity index (χ4n) is 1.65. The number of ether oxygens (including phenoxy) is 1. The molecule has 0 spiro atoms. The summed E-state index contributed by atoms with van der Waals surface area (Å²) in [5.41, 5.74) is 2.06. The number of methoxy groups -OCH3 is 1. The van der Waals surface area contributed by atoms with Gasteiger partial charge >= 0.3 is 0 Å². The van der Waals surface area contributed by atoms with Crippen LogP contribution in [0.5, 0.6) is 5.75 Å². The van der Waals surface area contributed by atoms with Crippen LogP contribution in [0.25, 0.3) is 0 Å². The van der Waals surface area contributed by atoms with Gasteiger partial charge in [-0.05, 0) is 29.8 Å². The van der Waals surface area contributed by atoms with Gasteiger partial charge in [0.05, 0.1) is 12.0 Å². The number of hydrogen-bond acceptors (Lipinski definition) is 4. The molecule has 0 aliphatic carbocycles. The molecule has 0 aromatic heterocycles. The van der Waals surface area contributed by atoms with E-state index < -0.39 is 4.92 Å². The Morgan fingerprint density at radius 3 is 2.26 bits per heavy atom. The summed E-state index contributed by atoms with van der Waals surface area (Å²) in [6.45, 7) is 0.615. The molecule has 0 radical (unpaired) electrons. The second kappa shape index (κ2) is 5.86. The van der Waals surface area contributed by atoms with E-state index in [0.717, 1.165) is 17.0 Å². The monoisotopic (exact) mass is 258 g/mol. The lowest BCUT2D eigenvalue weighted by Crippen LogP contribution is -1.99. The summed E-state index contributed by atoms with van der Waals surface area (Å²) in [5, 5.41) is 13.8. The first-order chi connectivity index (χ1) is 9.19. The molecule has 1 N–H and O–H groups in total. The Labute approximate surface area is 111 Å². The topological polar surface area (TPSA) is 64.4 Å². The Bertz CT molecular complexity index is 550. The smallest absolute Gasteiger partial charge is 0.269 e. The first-order valence-electron chi connectivity index (χ1n) is 5.80.